The molecule has 0 heterocycles. The molecule has 0 fully saturated rings. The Bertz CT molecular complexity index is 1060. The van der Waals surface area contributed by atoms with Gasteiger partial charge in [-0.1, -0.05) is 117 Å². The lowest BCUT2D eigenvalue weighted by molar-refractivity contribution is -0.191. The number of rotatable bonds is 13. The van der Waals surface area contributed by atoms with Crippen LogP contribution < -0.4 is 9.78 Å². The maximum Gasteiger partial charge on any atom is 0.546 e. The molecule has 0 aromatic heterocycles. The Hall–Kier alpha value is -1.85. The normalized spacial score (nSPS) is 15.7. The predicted molar refractivity (Wildman–Crippen MR) is 164 cm³/mol. The lowest BCUT2D eigenvalue weighted by Crippen LogP contribution is -2.16. The molecular formula is C33H53O6P. The van der Waals surface area contributed by atoms with Crippen LogP contribution in [0.25, 0.3) is 0 Å². The zero-order valence-electron chi connectivity index (χ0n) is 27.1. The quantitative estimate of drug-likeness (QED) is 0.134. The van der Waals surface area contributed by atoms with Crippen molar-refractivity contribution >= 4 is 7.82 Å². The number of benzene rings is 2. The Morgan fingerprint density at radius 3 is 1.27 bits per heavy atom. The zero-order chi connectivity index (χ0) is 30.5. The lowest BCUT2D eigenvalue weighted by atomic mass is 9.83. The van der Waals surface area contributed by atoms with Gasteiger partial charge in [0.2, 0.25) is 0 Å². The largest absolute Gasteiger partial charge is 0.546 e. The van der Waals surface area contributed by atoms with Crippen molar-refractivity contribution in [2.75, 3.05) is 7.11 Å². The summed E-state index contributed by atoms with van der Waals surface area (Å²) in [5.41, 5.74) is 3.83. The summed E-state index contributed by atoms with van der Waals surface area (Å²) >= 11 is 0. The minimum absolute atomic E-state index is 0.236. The van der Waals surface area contributed by atoms with Crippen LogP contribution in [0.5, 0.6) is 11.5 Å². The molecule has 0 saturated heterocycles. The summed E-state index contributed by atoms with van der Waals surface area (Å²) in [7, 11) is -2.98. The molecule has 0 aliphatic carbocycles. The second-order valence-electron chi connectivity index (χ2n) is 14.0. The second kappa shape index (κ2) is 13.9. The Kier molecular flexibility index (Phi) is 11.9. The van der Waals surface area contributed by atoms with Crippen LogP contribution in [-0.2, 0) is 42.1 Å². The summed E-state index contributed by atoms with van der Waals surface area (Å²) < 4.78 is 29.0. The van der Waals surface area contributed by atoms with E-state index in [-0.39, 0.29) is 10.8 Å². The summed E-state index contributed by atoms with van der Waals surface area (Å²) in [4.78, 5) is 11.2. The Balaban J connectivity index is 2.23. The van der Waals surface area contributed by atoms with E-state index in [1.165, 1.54) is 18.2 Å². The van der Waals surface area contributed by atoms with Gasteiger partial charge in [-0.3, -0.25) is 4.52 Å². The first-order valence-corrected chi connectivity index (χ1v) is 16.0. The van der Waals surface area contributed by atoms with E-state index < -0.39 is 7.82 Å². The fourth-order valence-electron chi connectivity index (χ4n) is 4.19. The van der Waals surface area contributed by atoms with Crippen molar-refractivity contribution in [3.63, 3.8) is 0 Å². The highest BCUT2D eigenvalue weighted by Crippen LogP contribution is 2.50. The van der Waals surface area contributed by atoms with E-state index in [0.717, 1.165) is 24.0 Å². The highest BCUT2D eigenvalue weighted by atomic mass is 31.2. The van der Waals surface area contributed by atoms with Crippen molar-refractivity contribution in [1.82, 2.24) is 0 Å². The zero-order valence-corrected chi connectivity index (χ0v) is 28.0. The van der Waals surface area contributed by atoms with Gasteiger partial charge in [0, 0.05) is 18.2 Å². The fourth-order valence-corrected chi connectivity index (χ4v) is 4.68. The van der Waals surface area contributed by atoms with E-state index in [1.807, 2.05) is 24.3 Å². The van der Waals surface area contributed by atoms with E-state index in [9.17, 15) is 4.57 Å². The Morgan fingerprint density at radius 2 is 1.00 bits per heavy atom. The highest BCUT2D eigenvalue weighted by molar-refractivity contribution is 7.48. The molecule has 2 unspecified atom stereocenters. The van der Waals surface area contributed by atoms with Crippen LogP contribution in [0, 0.1) is 23.7 Å². The molecule has 0 spiro atoms. The number of hydrogen-bond donors (Lipinski definition) is 0. The summed E-state index contributed by atoms with van der Waals surface area (Å²) in [6.07, 6.45) is 1.92. The SMILES string of the molecule is COP(=O)(OOc1ccc(CC(C)C(C)C)cc1C(C)(C)C)OOc1ccc(CC(C)C(C)C)cc1C(C)(C)C. The van der Waals surface area contributed by atoms with E-state index in [1.54, 1.807) is 0 Å². The Labute approximate surface area is 243 Å². The fraction of sp³-hybridized carbons (Fsp3) is 0.636. The first-order valence-electron chi connectivity index (χ1n) is 14.5. The van der Waals surface area contributed by atoms with Gasteiger partial charge in [0.15, 0.2) is 11.5 Å². The second-order valence-corrected chi connectivity index (χ2v) is 15.5. The average Bonchev–Trinajstić information content (AvgIpc) is 2.85. The molecule has 0 radical (unpaired) electrons. The minimum atomic E-state index is -4.21. The molecular weight excluding hydrogens is 523 g/mol. The van der Waals surface area contributed by atoms with E-state index in [0.29, 0.717) is 35.2 Å². The third-order valence-corrected chi connectivity index (χ3v) is 8.72. The van der Waals surface area contributed by atoms with Gasteiger partial charge in [0.05, 0.1) is 0 Å². The van der Waals surface area contributed by atoms with Crippen LogP contribution in [0.4, 0.5) is 0 Å². The van der Waals surface area contributed by atoms with Crippen molar-refractivity contribution in [3.05, 3.63) is 58.7 Å². The maximum absolute atomic E-state index is 13.3. The molecule has 2 atom stereocenters. The van der Waals surface area contributed by atoms with E-state index in [2.05, 4.69) is 95.2 Å². The first kappa shape index (κ1) is 34.4. The van der Waals surface area contributed by atoms with Crippen LogP contribution in [0.15, 0.2) is 36.4 Å². The summed E-state index contributed by atoms with van der Waals surface area (Å²) in [5, 5.41) is 0. The molecule has 40 heavy (non-hydrogen) atoms. The predicted octanol–water partition coefficient (Wildman–Crippen LogP) is 10.0. The van der Waals surface area contributed by atoms with Gasteiger partial charge in [0.1, 0.15) is 0 Å². The van der Waals surface area contributed by atoms with Gasteiger partial charge in [0.25, 0.3) is 0 Å². The lowest BCUT2D eigenvalue weighted by Gasteiger charge is -2.25. The highest BCUT2D eigenvalue weighted by Gasteiger charge is 2.33. The summed E-state index contributed by atoms with van der Waals surface area (Å²) in [6.45, 7) is 26.0. The molecule has 2 rings (SSSR count). The maximum atomic E-state index is 13.3. The van der Waals surface area contributed by atoms with Gasteiger partial charge in [-0.05, 0) is 70.6 Å². The first-order chi connectivity index (χ1) is 18.4. The van der Waals surface area contributed by atoms with Gasteiger partial charge < -0.3 is 9.78 Å². The smallest absolute Gasteiger partial charge is 0.327 e. The molecule has 7 heteroatoms. The molecule has 0 aliphatic heterocycles. The minimum Gasteiger partial charge on any atom is -0.327 e. The Morgan fingerprint density at radius 1 is 0.650 bits per heavy atom. The van der Waals surface area contributed by atoms with Crippen LogP contribution >= 0.6 is 7.82 Å². The van der Waals surface area contributed by atoms with Crippen molar-refractivity contribution in [2.24, 2.45) is 23.7 Å². The summed E-state index contributed by atoms with van der Waals surface area (Å²) in [6, 6.07) is 12.0. The molecule has 0 N–H and O–H groups in total. The standard InChI is InChI=1S/C33H53O6P/c1-22(2)24(5)18-26-14-16-30(28(20-26)32(7,8)9)36-38-40(34,35-13)39-37-31-17-15-27(19-25(6)23(3)4)21-29(31)33(10,11)12/h14-17,20-25H,18-19H2,1-13H3. The van der Waals surface area contributed by atoms with Gasteiger partial charge in [-0.2, -0.15) is 0 Å². The molecule has 0 aliphatic rings. The third-order valence-electron chi connectivity index (χ3n) is 7.76. The number of hydrogen-bond acceptors (Lipinski definition) is 6. The number of phosphoric acid groups is 1. The van der Waals surface area contributed by atoms with Gasteiger partial charge >= 0.3 is 7.82 Å². The molecule has 2 aromatic rings. The van der Waals surface area contributed by atoms with Crippen molar-refractivity contribution < 1.29 is 28.2 Å². The molecule has 226 valence electrons. The third kappa shape index (κ3) is 9.91. The topological polar surface area (TPSA) is 63.2 Å². The molecule has 0 saturated carbocycles. The molecule has 6 nitrogen and oxygen atoms in total. The molecule has 2 aromatic carbocycles. The van der Waals surface area contributed by atoms with Crippen molar-refractivity contribution in [2.45, 2.75) is 107 Å². The van der Waals surface area contributed by atoms with Crippen molar-refractivity contribution in [1.29, 1.82) is 0 Å². The summed E-state index contributed by atoms with van der Waals surface area (Å²) in [5.74, 6) is 3.16. The van der Waals surface area contributed by atoms with Crippen LogP contribution in [0.1, 0.15) is 105 Å². The van der Waals surface area contributed by atoms with Crippen LogP contribution in [0.3, 0.4) is 0 Å². The van der Waals surface area contributed by atoms with Crippen LogP contribution in [0.2, 0.25) is 0 Å². The van der Waals surface area contributed by atoms with E-state index >= 15 is 0 Å². The molecule has 0 amide bonds. The van der Waals surface area contributed by atoms with Crippen molar-refractivity contribution in [3.8, 4) is 11.5 Å². The van der Waals surface area contributed by atoms with Gasteiger partial charge in [-0.15, -0.1) is 0 Å². The van der Waals surface area contributed by atoms with Gasteiger partial charge in [-0.25, -0.2) is 4.57 Å². The monoisotopic (exact) mass is 576 g/mol. The van der Waals surface area contributed by atoms with E-state index in [4.69, 9.17) is 23.6 Å². The average molecular weight is 577 g/mol. The molecule has 0 bridgehead atoms. The van der Waals surface area contributed by atoms with Crippen LogP contribution in [-0.4, -0.2) is 7.11 Å².